The van der Waals surface area contributed by atoms with Gasteiger partial charge < -0.3 is 5.32 Å². The van der Waals surface area contributed by atoms with Crippen molar-refractivity contribution in [3.63, 3.8) is 0 Å². The maximum atomic E-state index is 9.11. The van der Waals surface area contributed by atoms with Gasteiger partial charge in [-0.05, 0) is 44.1 Å². The minimum Gasteiger partial charge on any atom is -0.382 e. The number of benzene rings is 1. The summed E-state index contributed by atoms with van der Waals surface area (Å²) in [7, 11) is 0. The number of hydrogen-bond acceptors (Lipinski definition) is 3. The average Bonchev–Trinajstić information content (AvgIpc) is 2.84. The highest BCUT2D eigenvalue weighted by atomic mass is 79.9. The number of halogens is 1. The summed E-state index contributed by atoms with van der Waals surface area (Å²) in [6.07, 6.45) is 2.53. The maximum Gasteiger partial charge on any atom is 0.101 e. The third kappa shape index (κ3) is 3.04. The summed E-state index contributed by atoms with van der Waals surface area (Å²) in [6.45, 7) is 5.44. The number of nitrogens with one attached hydrogen (secondary N) is 1. The first-order valence-electron chi connectivity index (χ1n) is 6.42. The van der Waals surface area contributed by atoms with E-state index < -0.39 is 0 Å². The Balaban J connectivity index is 2.00. The molecule has 1 heterocycles. The molecule has 1 N–H and O–H groups in total. The minimum atomic E-state index is 0.602. The Labute approximate surface area is 117 Å². The zero-order valence-electron chi connectivity index (χ0n) is 10.6. The molecule has 1 atom stereocenters. The van der Waals surface area contributed by atoms with Gasteiger partial charge in [0, 0.05) is 17.1 Å². The highest BCUT2D eigenvalue weighted by Crippen LogP contribution is 2.22. The fourth-order valence-electron chi connectivity index (χ4n) is 2.53. The Morgan fingerprint density at radius 3 is 3.11 bits per heavy atom. The van der Waals surface area contributed by atoms with Crippen LogP contribution in [0, 0.1) is 11.3 Å². The fraction of sp³-hybridized carbons (Fsp3) is 0.500. The van der Waals surface area contributed by atoms with E-state index in [-0.39, 0.29) is 0 Å². The summed E-state index contributed by atoms with van der Waals surface area (Å²) in [6, 6.07) is 8.62. The lowest BCUT2D eigenvalue weighted by atomic mass is 10.1. The zero-order valence-corrected chi connectivity index (χ0v) is 12.2. The van der Waals surface area contributed by atoms with Gasteiger partial charge in [0.25, 0.3) is 0 Å². The van der Waals surface area contributed by atoms with Gasteiger partial charge in [0.2, 0.25) is 0 Å². The average molecular weight is 308 g/mol. The molecule has 1 aromatic rings. The Morgan fingerprint density at radius 1 is 1.56 bits per heavy atom. The molecule has 0 amide bonds. The van der Waals surface area contributed by atoms with Gasteiger partial charge in [0.05, 0.1) is 11.3 Å². The van der Waals surface area contributed by atoms with Gasteiger partial charge in [0.15, 0.2) is 0 Å². The van der Waals surface area contributed by atoms with Gasteiger partial charge in [-0.15, -0.1) is 0 Å². The van der Waals surface area contributed by atoms with Crippen LogP contribution in [0.15, 0.2) is 22.7 Å². The van der Waals surface area contributed by atoms with Crippen LogP contribution < -0.4 is 5.32 Å². The number of anilines is 1. The lowest BCUT2D eigenvalue weighted by Crippen LogP contribution is -2.34. The quantitative estimate of drug-likeness (QED) is 0.928. The van der Waals surface area contributed by atoms with E-state index in [1.807, 2.05) is 18.2 Å². The van der Waals surface area contributed by atoms with Crippen LogP contribution in [0.25, 0.3) is 0 Å². The molecule has 1 aliphatic heterocycles. The molecule has 0 radical (unpaired) electrons. The van der Waals surface area contributed by atoms with Crippen molar-refractivity contribution in [3.05, 3.63) is 28.2 Å². The van der Waals surface area contributed by atoms with Gasteiger partial charge in [-0.3, -0.25) is 4.90 Å². The van der Waals surface area contributed by atoms with Crippen molar-refractivity contribution in [2.24, 2.45) is 0 Å². The highest BCUT2D eigenvalue weighted by molar-refractivity contribution is 9.10. The Bertz CT molecular complexity index is 453. The monoisotopic (exact) mass is 307 g/mol. The second kappa shape index (κ2) is 6.21. The van der Waals surface area contributed by atoms with Crippen molar-refractivity contribution in [3.8, 4) is 6.07 Å². The lowest BCUT2D eigenvalue weighted by Gasteiger charge is -2.23. The number of nitrogens with zero attached hydrogens (tertiary/aromatic N) is 2. The predicted octanol–water partition coefficient (Wildman–Crippen LogP) is 3.22. The molecular formula is C14H18BrN3. The molecule has 1 unspecified atom stereocenters. The molecule has 2 rings (SSSR count). The molecule has 18 heavy (non-hydrogen) atoms. The highest BCUT2D eigenvalue weighted by Gasteiger charge is 2.22. The molecule has 1 aliphatic rings. The van der Waals surface area contributed by atoms with Gasteiger partial charge >= 0.3 is 0 Å². The molecule has 96 valence electrons. The number of likely N-dealkylation sites (N-methyl/N-ethyl adjacent to an activating group) is 1. The second-order valence-corrected chi connectivity index (χ2v) is 5.52. The predicted molar refractivity (Wildman–Crippen MR) is 77.6 cm³/mol. The number of rotatable bonds is 4. The van der Waals surface area contributed by atoms with Crippen molar-refractivity contribution in [1.29, 1.82) is 5.26 Å². The summed E-state index contributed by atoms with van der Waals surface area (Å²) < 4.78 is 0.945. The van der Waals surface area contributed by atoms with Crippen LogP contribution in [0.1, 0.15) is 25.3 Å². The number of likely N-dealkylation sites (tertiary alicyclic amines) is 1. The van der Waals surface area contributed by atoms with Gasteiger partial charge in [0.1, 0.15) is 6.07 Å². The molecule has 0 aromatic heterocycles. The maximum absolute atomic E-state index is 9.11. The van der Waals surface area contributed by atoms with E-state index in [4.69, 9.17) is 5.26 Å². The van der Waals surface area contributed by atoms with E-state index >= 15 is 0 Å². The molecule has 0 bridgehead atoms. The summed E-state index contributed by atoms with van der Waals surface area (Å²) >= 11 is 3.39. The lowest BCUT2D eigenvalue weighted by molar-refractivity contribution is 0.277. The summed E-state index contributed by atoms with van der Waals surface area (Å²) in [5.74, 6) is 0. The first-order chi connectivity index (χ1) is 8.74. The summed E-state index contributed by atoms with van der Waals surface area (Å²) in [5.41, 5.74) is 1.63. The molecule has 1 aromatic carbocycles. The zero-order chi connectivity index (χ0) is 13.0. The third-order valence-corrected chi connectivity index (χ3v) is 4.03. The van der Waals surface area contributed by atoms with Crippen LogP contribution in [0.2, 0.25) is 0 Å². The van der Waals surface area contributed by atoms with Crippen molar-refractivity contribution in [2.75, 3.05) is 25.0 Å². The number of nitriles is 1. The SMILES string of the molecule is CCN1CCCC1CNc1ccc(Br)cc1C#N. The van der Waals surface area contributed by atoms with Crippen LogP contribution in [0.3, 0.4) is 0 Å². The van der Waals surface area contributed by atoms with Crippen molar-refractivity contribution in [1.82, 2.24) is 4.90 Å². The normalized spacial score (nSPS) is 19.7. The Hall–Kier alpha value is -1.05. The van der Waals surface area contributed by atoms with Crippen LogP contribution in [0.5, 0.6) is 0 Å². The van der Waals surface area contributed by atoms with Gasteiger partial charge in [-0.1, -0.05) is 22.9 Å². The first-order valence-corrected chi connectivity index (χ1v) is 7.21. The molecule has 1 saturated heterocycles. The molecular weight excluding hydrogens is 290 g/mol. The van der Waals surface area contributed by atoms with Crippen LogP contribution in [-0.2, 0) is 0 Å². The smallest absolute Gasteiger partial charge is 0.101 e. The van der Waals surface area contributed by atoms with Crippen LogP contribution >= 0.6 is 15.9 Å². The van der Waals surface area contributed by atoms with Crippen molar-refractivity contribution < 1.29 is 0 Å². The van der Waals surface area contributed by atoms with Crippen LogP contribution in [0.4, 0.5) is 5.69 Å². The van der Waals surface area contributed by atoms with Gasteiger partial charge in [-0.25, -0.2) is 0 Å². The molecule has 0 aliphatic carbocycles. The third-order valence-electron chi connectivity index (χ3n) is 3.54. The standard InChI is InChI=1S/C14H18BrN3/c1-2-18-7-3-4-13(18)10-17-14-6-5-12(15)8-11(14)9-16/h5-6,8,13,17H,2-4,7,10H2,1H3. The van der Waals surface area contributed by atoms with E-state index in [0.717, 1.165) is 23.2 Å². The molecule has 4 heteroatoms. The van der Waals surface area contributed by atoms with Crippen LogP contribution in [-0.4, -0.2) is 30.6 Å². The minimum absolute atomic E-state index is 0.602. The van der Waals surface area contributed by atoms with E-state index in [1.54, 1.807) is 0 Å². The molecule has 0 spiro atoms. The fourth-order valence-corrected chi connectivity index (χ4v) is 2.89. The van der Waals surface area contributed by atoms with E-state index in [9.17, 15) is 0 Å². The van der Waals surface area contributed by atoms with Crippen molar-refractivity contribution in [2.45, 2.75) is 25.8 Å². The van der Waals surface area contributed by atoms with Gasteiger partial charge in [-0.2, -0.15) is 5.26 Å². The summed E-state index contributed by atoms with van der Waals surface area (Å²) in [4.78, 5) is 2.50. The number of hydrogen-bond donors (Lipinski definition) is 1. The Kier molecular flexibility index (Phi) is 4.62. The largest absolute Gasteiger partial charge is 0.382 e. The van der Waals surface area contributed by atoms with Crippen molar-refractivity contribution >= 4 is 21.6 Å². The van der Waals surface area contributed by atoms with E-state index in [1.165, 1.54) is 19.4 Å². The Morgan fingerprint density at radius 2 is 2.39 bits per heavy atom. The topological polar surface area (TPSA) is 39.1 Å². The molecule has 1 fully saturated rings. The van der Waals surface area contributed by atoms with E-state index in [0.29, 0.717) is 11.6 Å². The summed E-state index contributed by atoms with van der Waals surface area (Å²) in [5, 5.41) is 12.5. The first kappa shape index (κ1) is 13.4. The van der Waals surface area contributed by atoms with E-state index in [2.05, 4.69) is 39.1 Å². The molecule has 0 saturated carbocycles. The second-order valence-electron chi connectivity index (χ2n) is 4.61. The molecule has 3 nitrogen and oxygen atoms in total.